The molecule has 1 aliphatic rings. The van der Waals surface area contributed by atoms with Crippen LogP contribution in [-0.4, -0.2) is 30.3 Å². The third-order valence-corrected chi connectivity index (χ3v) is 5.23. The maximum atomic E-state index is 6.21. The van der Waals surface area contributed by atoms with Gasteiger partial charge in [0.2, 0.25) is 0 Å². The summed E-state index contributed by atoms with van der Waals surface area (Å²) in [7, 11) is 0. The maximum absolute atomic E-state index is 6.21. The molecule has 1 aliphatic heterocycles. The van der Waals surface area contributed by atoms with E-state index in [4.69, 9.17) is 26.8 Å². The van der Waals surface area contributed by atoms with E-state index in [0.29, 0.717) is 30.5 Å². The molecule has 5 nitrogen and oxygen atoms in total. The second-order valence-electron chi connectivity index (χ2n) is 7.11. The van der Waals surface area contributed by atoms with Gasteiger partial charge < -0.3 is 20.5 Å². The van der Waals surface area contributed by atoms with Crippen LogP contribution in [0.1, 0.15) is 18.4 Å². The van der Waals surface area contributed by atoms with Crippen molar-refractivity contribution in [1.29, 1.82) is 0 Å². The number of nitrogens with two attached hydrogens (primary N) is 1. The van der Waals surface area contributed by atoms with Crippen LogP contribution in [0, 0.1) is 0 Å². The first-order valence-electron chi connectivity index (χ1n) is 9.52. The summed E-state index contributed by atoms with van der Waals surface area (Å²) in [6.07, 6.45) is 3.53. The number of anilines is 2. The first-order chi connectivity index (χ1) is 13.7. The fraction of sp³-hybridized carbons (Fsp3) is 0.318. The lowest BCUT2D eigenvalue weighted by molar-refractivity contribution is -0.0478. The number of aromatic nitrogens is 1. The van der Waals surface area contributed by atoms with Crippen LogP contribution in [0.4, 0.5) is 11.4 Å². The molecule has 3 aromatic rings. The van der Waals surface area contributed by atoms with E-state index in [1.807, 2.05) is 36.4 Å². The number of nitrogens with one attached hydrogen (secondary N) is 1. The molecule has 146 valence electrons. The molecule has 0 spiro atoms. The van der Waals surface area contributed by atoms with Gasteiger partial charge in [0.25, 0.3) is 0 Å². The summed E-state index contributed by atoms with van der Waals surface area (Å²) in [6.45, 7) is 1.87. The molecule has 1 fully saturated rings. The van der Waals surface area contributed by atoms with Gasteiger partial charge in [-0.05, 0) is 36.6 Å². The van der Waals surface area contributed by atoms with Gasteiger partial charge in [-0.2, -0.15) is 0 Å². The fourth-order valence-corrected chi connectivity index (χ4v) is 3.73. The highest BCUT2D eigenvalue weighted by Crippen LogP contribution is 2.32. The molecule has 0 saturated carbocycles. The molecule has 2 aromatic carbocycles. The van der Waals surface area contributed by atoms with Crippen molar-refractivity contribution in [2.24, 2.45) is 0 Å². The van der Waals surface area contributed by atoms with Crippen LogP contribution in [0.2, 0.25) is 5.02 Å². The molecule has 6 heteroatoms. The standard InChI is InChI=1S/C22H24ClN3O2/c23-16-6-7-21-19(10-16)22(20(24)12-25-21)26-17-8-9-28-18(11-17)14-27-13-15-4-2-1-3-5-15/h1-7,10,12,17-18H,8-9,11,13-14,24H2,(H,25,26). The lowest BCUT2D eigenvalue weighted by Gasteiger charge is -2.31. The van der Waals surface area contributed by atoms with Gasteiger partial charge in [0, 0.05) is 23.1 Å². The van der Waals surface area contributed by atoms with Crippen molar-refractivity contribution in [3.63, 3.8) is 0 Å². The smallest absolute Gasteiger partial charge is 0.0828 e. The van der Waals surface area contributed by atoms with Crippen molar-refractivity contribution in [3.8, 4) is 0 Å². The normalized spacial score (nSPS) is 19.6. The van der Waals surface area contributed by atoms with Crippen LogP contribution < -0.4 is 11.1 Å². The maximum Gasteiger partial charge on any atom is 0.0828 e. The SMILES string of the molecule is Nc1cnc2ccc(Cl)cc2c1NC1CCOC(COCc2ccccc2)C1. The Morgan fingerprint density at radius 2 is 2.07 bits per heavy atom. The van der Waals surface area contributed by atoms with Crippen LogP contribution in [-0.2, 0) is 16.1 Å². The Hall–Kier alpha value is -2.34. The zero-order valence-electron chi connectivity index (χ0n) is 15.6. The fourth-order valence-electron chi connectivity index (χ4n) is 3.56. The molecule has 0 aliphatic carbocycles. The van der Waals surface area contributed by atoms with Gasteiger partial charge >= 0.3 is 0 Å². The monoisotopic (exact) mass is 397 g/mol. The van der Waals surface area contributed by atoms with E-state index in [9.17, 15) is 0 Å². The average Bonchev–Trinajstić information content (AvgIpc) is 2.71. The molecule has 1 saturated heterocycles. The number of halogens is 1. The van der Waals surface area contributed by atoms with E-state index in [2.05, 4.69) is 22.4 Å². The number of pyridine rings is 1. The number of hydrogen-bond acceptors (Lipinski definition) is 5. The van der Waals surface area contributed by atoms with Crippen molar-refractivity contribution >= 4 is 33.9 Å². The van der Waals surface area contributed by atoms with Gasteiger partial charge in [-0.1, -0.05) is 41.9 Å². The summed E-state index contributed by atoms with van der Waals surface area (Å²) in [5, 5.41) is 5.21. The van der Waals surface area contributed by atoms with Gasteiger partial charge in [0.05, 0.1) is 42.4 Å². The van der Waals surface area contributed by atoms with Crippen molar-refractivity contribution in [1.82, 2.24) is 4.98 Å². The largest absolute Gasteiger partial charge is 0.396 e. The summed E-state index contributed by atoms with van der Waals surface area (Å²) in [6, 6.07) is 16.1. The minimum Gasteiger partial charge on any atom is -0.396 e. The van der Waals surface area contributed by atoms with Crippen LogP contribution in [0.3, 0.4) is 0 Å². The number of fused-ring (bicyclic) bond motifs is 1. The van der Waals surface area contributed by atoms with E-state index >= 15 is 0 Å². The molecular weight excluding hydrogens is 374 g/mol. The van der Waals surface area contributed by atoms with E-state index in [-0.39, 0.29) is 12.1 Å². The summed E-state index contributed by atoms with van der Waals surface area (Å²) < 4.78 is 11.8. The Labute approximate surface area is 169 Å². The van der Waals surface area contributed by atoms with E-state index in [1.165, 1.54) is 5.56 Å². The Morgan fingerprint density at radius 3 is 2.93 bits per heavy atom. The molecule has 2 unspecified atom stereocenters. The molecule has 1 aromatic heterocycles. The summed E-state index contributed by atoms with van der Waals surface area (Å²) in [5.41, 5.74) is 9.76. The second kappa shape index (κ2) is 8.78. The van der Waals surface area contributed by atoms with Gasteiger partial charge in [-0.3, -0.25) is 4.98 Å². The summed E-state index contributed by atoms with van der Waals surface area (Å²) >= 11 is 6.18. The number of nitrogens with zero attached hydrogens (tertiary/aromatic N) is 1. The molecule has 2 heterocycles. The van der Waals surface area contributed by atoms with Gasteiger partial charge in [-0.15, -0.1) is 0 Å². The number of benzene rings is 2. The van der Waals surface area contributed by atoms with E-state index < -0.39 is 0 Å². The zero-order valence-corrected chi connectivity index (χ0v) is 16.4. The topological polar surface area (TPSA) is 69.4 Å². The van der Waals surface area contributed by atoms with Gasteiger partial charge in [-0.25, -0.2) is 0 Å². The number of rotatable bonds is 6. The number of nitrogen functional groups attached to an aromatic ring is 1. The molecule has 28 heavy (non-hydrogen) atoms. The Morgan fingerprint density at radius 1 is 1.21 bits per heavy atom. The Balaban J connectivity index is 1.39. The predicted octanol–water partition coefficient (Wildman–Crippen LogP) is 4.65. The lowest BCUT2D eigenvalue weighted by atomic mass is 10.0. The first-order valence-corrected chi connectivity index (χ1v) is 9.90. The minimum absolute atomic E-state index is 0.0628. The van der Waals surface area contributed by atoms with Crippen molar-refractivity contribution < 1.29 is 9.47 Å². The Kier molecular flexibility index (Phi) is 5.95. The highest BCUT2D eigenvalue weighted by molar-refractivity contribution is 6.31. The molecule has 4 rings (SSSR count). The van der Waals surface area contributed by atoms with Crippen molar-refractivity contribution in [2.45, 2.75) is 31.6 Å². The molecular formula is C22H24ClN3O2. The van der Waals surface area contributed by atoms with Crippen LogP contribution >= 0.6 is 11.6 Å². The third-order valence-electron chi connectivity index (χ3n) is 4.99. The van der Waals surface area contributed by atoms with Crippen LogP contribution in [0.5, 0.6) is 0 Å². The average molecular weight is 398 g/mol. The van der Waals surface area contributed by atoms with Crippen molar-refractivity contribution in [3.05, 3.63) is 65.3 Å². The molecule has 0 bridgehead atoms. The minimum atomic E-state index is 0.0628. The second-order valence-corrected chi connectivity index (χ2v) is 7.55. The summed E-state index contributed by atoms with van der Waals surface area (Å²) in [4.78, 5) is 4.39. The van der Waals surface area contributed by atoms with E-state index in [1.54, 1.807) is 6.20 Å². The molecule has 0 amide bonds. The van der Waals surface area contributed by atoms with Gasteiger partial charge in [0.1, 0.15) is 0 Å². The zero-order chi connectivity index (χ0) is 19.3. The quantitative estimate of drug-likeness (QED) is 0.633. The third kappa shape index (κ3) is 4.55. The molecule has 3 N–H and O–H groups in total. The molecule has 0 radical (unpaired) electrons. The highest BCUT2D eigenvalue weighted by atomic mass is 35.5. The number of hydrogen-bond donors (Lipinski definition) is 2. The lowest BCUT2D eigenvalue weighted by Crippen LogP contribution is -2.36. The van der Waals surface area contributed by atoms with Crippen molar-refractivity contribution in [2.75, 3.05) is 24.3 Å². The number of ether oxygens (including phenoxy) is 2. The predicted molar refractivity (Wildman–Crippen MR) is 114 cm³/mol. The first kappa shape index (κ1) is 19.0. The highest BCUT2D eigenvalue weighted by Gasteiger charge is 2.24. The molecule has 2 atom stereocenters. The van der Waals surface area contributed by atoms with Crippen LogP contribution in [0.25, 0.3) is 10.9 Å². The summed E-state index contributed by atoms with van der Waals surface area (Å²) in [5.74, 6) is 0. The van der Waals surface area contributed by atoms with Gasteiger partial charge in [0.15, 0.2) is 0 Å². The van der Waals surface area contributed by atoms with E-state index in [0.717, 1.165) is 29.4 Å². The van der Waals surface area contributed by atoms with Crippen LogP contribution in [0.15, 0.2) is 54.7 Å². The Bertz CT molecular complexity index is 930.